The maximum Gasteiger partial charge on any atom is 0.194 e. The van der Waals surface area contributed by atoms with E-state index in [1.807, 2.05) is 0 Å². The van der Waals surface area contributed by atoms with Crippen molar-refractivity contribution < 1.29 is 18.3 Å². The lowest BCUT2D eigenvalue weighted by Crippen LogP contribution is -2.29. The Morgan fingerprint density at radius 2 is 1.00 bits per heavy atom. The normalized spacial score (nSPS) is 11.5. The van der Waals surface area contributed by atoms with E-state index >= 15 is 0 Å². The molecule has 0 amide bonds. The molecule has 1 nitrogen and oxygen atoms in total. The summed E-state index contributed by atoms with van der Waals surface area (Å²) in [4.78, 5) is 0. The summed E-state index contributed by atoms with van der Waals surface area (Å²) in [6, 6.07) is 18.6. The zero-order valence-electron chi connectivity index (χ0n) is 12.0. The third-order valence-corrected chi connectivity index (χ3v) is 3.78. The first-order valence-electron chi connectivity index (χ1n) is 7.02. The summed E-state index contributed by atoms with van der Waals surface area (Å²) < 4.78 is 40.6. The van der Waals surface area contributed by atoms with Gasteiger partial charge in [0.15, 0.2) is 17.5 Å². The summed E-state index contributed by atoms with van der Waals surface area (Å²) in [5, 5.41) is 11.3. The first kappa shape index (κ1) is 15.3. The molecule has 0 atom stereocenters. The molecule has 0 saturated heterocycles. The molecule has 3 aromatic rings. The Morgan fingerprint density at radius 3 is 1.39 bits per heavy atom. The summed E-state index contributed by atoms with van der Waals surface area (Å²) in [5.74, 6) is -4.24. The monoisotopic (exact) mass is 314 g/mol. The zero-order chi connectivity index (χ0) is 16.4. The summed E-state index contributed by atoms with van der Waals surface area (Å²) in [6.07, 6.45) is 0. The van der Waals surface area contributed by atoms with Crippen molar-refractivity contribution in [1.29, 1.82) is 0 Å². The van der Waals surface area contributed by atoms with Gasteiger partial charge >= 0.3 is 0 Å². The molecular weight excluding hydrogens is 301 g/mol. The van der Waals surface area contributed by atoms with Crippen LogP contribution in [0.4, 0.5) is 13.2 Å². The molecule has 0 aliphatic rings. The van der Waals surface area contributed by atoms with Crippen molar-refractivity contribution in [3.63, 3.8) is 0 Å². The summed E-state index contributed by atoms with van der Waals surface area (Å²) >= 11 is 0. The molecule has 3 aromatic carbocycles. The molecule has 4 heteroatoms. The predicted molar refractivity (Wildman–Crippen MR) is 81.3 cm³/mol. The van der Waals surface area contributed by atoms with Crippen molar-refractivity contribution >= 4 is 0 Å². The SMILES string of the molecule is OC(c1ccccc1)(c1ccccc1)c1cc(F)c(F)c(F)c1. The van der Waals surface area contributed by atoms with Gasteiger partial charge in [0.2, 0.25) is 0 Å². The van der Waals surface area contributed by atoms with Crippen LogP contribution >= 0.6 is 0 Å². The first-order valence-corrected chi connectivity index (χ1v) is 7.02. The molecule has 1 N–H and O–H groups in total. The lowest BCUT2D eigenvalue weighted by atomic mass is 9.80. The number of rotatable bonds is 3. The molecule has 0 saturated carbocycles. The Morgan fingerprint density at radius 1 is 0.609 bits per heavy atom. The largest absolute Gasteiger partial charge is 0.376 e. The summed E-state index contributed by atoms with van der Waals surface area (Å²) in [6.45, 7) is 0. The predicted octanol–water partition coefficient (Wildman–Crippen LogP) is 4.39. The van der Waals surface area contributed by atoms with E-state index in [-0.39, 0.29) is 5.56 Å². The number of halogens is 3. The smallest absolute Gasteiger partial charge is 0.194 e. The van der Waals surface area contributed by atoms with Gasteiger partial charge in [-0.3, -0.25) is 0 Å². The summed E-state index contributed by atoms with van der Waals surface area (Å²) in [7, 11) is 0. The Bertz CT molecular complexity index is 754. The molecule has 3 rings (SSSR count). The average Bonchev–Trinajstić information content (AvgIpc) is 2.60. The van der Waals surface area contributed by atoms with Crippen LogP contribution in [-0.2, 0) is 5.60 Å². The molecule has 0 radical (unpaired) electrons. The highest BCUT2D eigenvalue weighted by Gasteiger charge is 2.35. The Balaban J connectivity index is 2.29. The van der Waals surface area contributed by atoms with Gasteiger partial charge in [0, 0.05) is 0 Å². The van der Waals surface area contributed by atoms with Gasteiger partial charge in [0.05, 0.1) is 0 Å². The molecule has 23 heavy (non-hydrogen) atoms. The maximum absolute atomic E-state index is 13.7. The van der Waals surface area contributed by atoms with E-state index in [4.69, 9.17) is 0 Å². The lowest BCUT2D eigenvalue weighted by Gasteiger charge is -2.30. The molecule has 0 spiro atoms. The van der Waals surface area contributed by atoms with Crippen molar-refractivity contribution in [2.45, 2.75) is 5.60 Å². The number of benzene rings is 3. The standard InChI is InChI=1S/C19H13F3O/c20-16-11-15(12-17(21)18(16)22)19(23,13-7-3-1-4-8-13)14-9-5-2-6-10-14/h1-12,23H. The van der Waals surface area contributed by atoms with Crippen molar-refractivity contribution in [1.82, 2.24) is 0 Å². The zero-order valence-corrected chi connectivity index (χ0v) is 12.0. The maximum atomic E-state index is 13.7. The van der Waals surface area contributed by atoms with Crippen LogP contribution in [0, 0.1) is 17.5 Å². The van der Waals surface area contributed by atoms with Crippen LogP contribution in [0.1, 0.15) is 16.7 Å². The van der Waals surface area contributed by atoms with Gasteiger partial charge in [0.25, 0.3) is 0 Å². The minimum Gasteiger partial charge on any atom is -0.376 e. The second-order valence-electron chi connectivity index (χ2n) is 5.20. The van der Waals surface area contributed by atoms with E-state index in [2.05, 4.69) is 0 Å². The Hall–Kier alpha value is -2.59. The van der Waals surface area contributed by atoms with Crippen molar-refractivity contribution in [3.05, 3.63) is 107 Å². The molecule has 0 bridgehead atoms. The van der Waals surface area contributed by atoms with Crippen molar-refractivity contribution in [3.8, 4) is 0 Å². The average molecular weight is 314 g/mol. The van der Waals surface area contributed by atoms with E-state index in [1.165, 1.54) is 0 Å². The van der Waals surface area contributed by atoms with Crippen LogP contribution in [0.2, 0.25) is 0 Å². The van der Waals surface area contributed by atoms with E-state index in [1.54, 1.807) is 60.7 Å². The van der Waals surface area contributed by atoms with Gasteiger partial charge < -0.3 is 5.11 Å². The van der Waals surface area contributed by atoms with Crippen LogP contribution in [-0.4, -0.2) is 5.11 Å². The van der Waals surface area contributed by atoms with E-state index in [0.29, 0.717) is 11.1 Å². The second kappa shape index (κ2) is 5.89. The lowest BCUT2D eigenvalue weighted by molar-refractivity contribution is 0.124. The van der Waals surface area contributed by atoms with Crippen LogP contribution < -0.4 is 0 Å². The van der Waals surface area contributed by atoms with E-state index in [0.717, 1.165) is 12.1 Å². The molecule has 0 heterocycles. The Labute approximate surface area is 131 Å². The van der Waals surface area contributed by atoms with Gasteiger partial charge in [-0.2, -0.15) is 0 Å². The third kappa shape index (κ3) is 2.62. The molecule has 0 aliphatic heterocycles. The van der Waals surface area contributed by atoms with Crippen LogP contribution in [0.5, 0.6) is 0 Å². The number of hydrogen-bond acceptors (Lipinski definition) is 1. The van der Waals surface area contributed by atoms with Gasteiger partial charge in [-0.1, -0.05) is 60.7 Å². The molecule has 0 fully saturated rings. The minimum absolute atomic E-state index is 0.0775. The Kier molecular flexibility index (Phi) is 3.92. The summed E-state index contributed by atoms with van der Waals surface area (Å²) in [5.41, 5.74) is -1.02. The van der Waals surface area contributed by atoms with Gasteiger partial charge in [-0.15, -0.1) is 0 Å². The quantitative estimate of drug-likeness (QED) is 0.561. The van der Waals surface area contributed by atoms with E-state index < -0.39 is 23.1 Å². The topological polar surface area (TPSA) is 20.2 Å². The van der Waals surface area contributed by atoms with Gasteiger partial charge in [-0.05, 0) is 28.8 Å². The van der Waals surface area contributed by atoms with Crippen molar-refractivity contribution in [2.24, 2.45) is 0 Å². The van der Waals surface area contributed by atoms with Crippen LogP contribution in [0.15, 0.2) is 72.8 Å². The van der Waals surface area contributed by atoms with Gasteiger partial charge in [-0.25, -0.2) is 13.2 Å². The van der Waals surface area contributed by atoms with Crippen LogP contribution in [0.3, 0.4) is 0 Å². The fraction of sp³-hybridized carbons (Fsp3) is 0.0526. The third-order valence-electron chi connectivity index (χ3n) is 3.78. The second-order valence-corrected chi connectivity index (χ2v) is 5.20. The molecule has 116 valence electrons. The fourth-order valence-corrected chi connectivity index (χ4v) is 2.62. The molecular formula is C19H13F3O. The van der Waals surface area contributed by atoms with Crippen LogP contribution in [0.25, 0.3) is 0 Å². The molecule has 0 unspecified atom stereocenters. The highest BCUT2D eigenvalue weighted by Crippen LogP contribution is 2.37. The molecule has 0 aromatic heterocycles. The van der Waals surface area contributed by atoms with E-state index in [9.17, 15) is 18.3 Å². The highest BCUT2D eigenvalue weighted by atomic mass is 19.2. The number of hydrogen-bond donors (Lipinski definition) is 1. The fourth-order valence-electron chi connectivity index (χ4n) is 2.62. The number of aliphatic hydroxyl groups is 1. The van der Waals surface area contributed by atoms with Gasteiger partial charge in [0.1, 0.15) is 5.60 Å². The minimum atomic E-state index is -1.79. The molecule has 0 aliphatic carbocycles. The van der Waals surface area contributed by atoms with Crippen molar-refractivity contribution in [2.75, 3.05) is 0 Å². The first-order chi connectivity index (χ1) is 11.0. The highest BCUT2D eigenvalue weighted by molar-refractivity contribution is 5.47.